The number of nitrogens with zero attached hydrogens (tertiary/aromatic N) is 1. The summed E-state index contributed by atoms with van der Waals surface area (Å²) >= 11 is 5.97. The van der Waals surface area contributed by atoms with Gasteiger partial charge in [-0.3, -0.25) is 0 Å². The summed E-state index contributed by atoms with van der Waals surface area (Å²) in [6.07, 6.45) is -6.28. The molecule has 1 heterocycles. The van der Waals surface area contributed by atoms with Crippen LogP contribution in [-0.4, -0.2) is 41.4 Å². The first-order valence-corrected chi connectivity index (χ1v) is 9.66. The third-order valence-corrected chi connectivity index (χ3v) is 4.35. The molecule has 10 heteroatoms. The van der Waals surface area contributed by atoms with Gasteiger partial charge < -0.3 is 19.7 Å². The van der Waals surface area contributed by atoms with Gasteiger partial charge in [-0.05, 0) is 65.3 Å². The van der Waals surface area contributed by atoms with Crippen LogP contribution in [0.3, 0.4) is 0 Å². The Morgan fingerprint density at radius 2 is 1.57 bits per heavy atom. The van der Waals surface area contributed by atoms with Gasteiger partial charge in [0.25, 0.3) is 0 Å². The Bertz CT molecular complexity index is 823. The highest BCUT2D eigenvalue weighted by Gasteiger charge is 2.53. The Kier molecular flexibility index (Phi) is 6.29. The fourth-order valence-electron chi connectivity index (χ4n) is 3.04. The van der Waals surface area contributed by atoms with E-state index in [1.807, 2.05) is 0 Å². The van der Waals surface area contributed by atoms with Crippen molar-refractivity contribution in [2.45, 2.75) is 64.5 Å². The second kappa shape index (κ2) is 7.83. The molecule has 30 heavy (non-hydrogen) atoms. The van der Waals surface area contributed by atoms with E-state index in [9.17, 15) is 22.8 Å². The summed E-state index contributed by atoms with van der Waals surface area (Å²) in [7, 11) is 0. The van der Waals surface area contributed by atoms with E-state index in [4.69, 9.17) is 21.1 Å². The molecule has 0 spiro atoms. The van der Waals surface area contributed by atoms with Crippen molar-refractivity contribution in [2.24, 2.45) is 0 Å². The molecule has 6 nitrogen and oxygen atoms in total. The SMILES string of the molecule is CC(C)(C)OC(=O)NC1(c2cc(Cl)ccc2C(F)(F)F)CN(C(=O)OC(C)(C)C)C1. The highest BCUT2D eigenvalue weighted by Crippen LogP contribution is 2.42. The van der Waals surface area contributed by atoms with Gasteiger partial charge >= 0.3 is 18.4 Å². The second-order valence-electron chi connectivity index (χ2n) is 9.23. The minimum Gasteiger partial charge on any atom is -0.444 e. The number of hydrogen-bond acceptors (Lipinski definition) is 4. The number of amides is 2. The van der Waals surface area contributed by atoms with Crippen molar-refractivity contribution in [1.82, 2.24) is 10.2 Å². The van der Waals surface area contributed by atoms with Crippen molar-refractivity contribution in [3.63, 3.8) is 0 Å². The largest absolute Gasteiger partial charge is 0.444 e. The van der Waals surface area contributed by atoms with Gasteiger partial charge in [-0.1, -0.05) is 11.6 Å². The molecule has 168 valence electrons. The summed E-state index contributed by atoms with van der Waals surface area (Å²) in [6.45, 7) is 9.46. The number of hydrogen-bond donors (Lipinski definition) is 1. The summed E-state index contributed by atoms with van der Waals surface area (Å²) < 4.78 is 51.5. The Balaban J connectivity index is 2.42. The van der Waals surface area contributed by atoms with Crippen LogP contribution in [0.25, 0.3) is 0 Å². The maximum atomic E-state index is 13.7. The van der Waals surface area contributed by atoms with Crippen molar-refractivity contribution in [3.05, 3.63) is 34.3 Å². The van der Waals surface area contributed by atoms with Crippen LogP contribution in [-0.2, 0) is 21.2 Å². The summed E-state index contributed by atoms with van der Waals surface area (Å²) in [5, 5.41) is 2.59. The van der Waals surface area contributed by atoms with Crippen LogP contribution in [0.4, 0.5) is 22.8 Å². The Morgan fingerprint density at radius 1 is 1.03 bits per heavy atom. The third kappa shape index (κ3) is 5.93. The lowest BCUT2D eigenvalue weighted by atomic mass is 9.79. The summed E-state index contributed by atoms with van der Waals surface area (Å²) in [5.74, 6) is 0. The minimum atomic E-state index is -4.69. The zero-order chi connectivity index (χ0) is 23.1. The molecular formula is C20H26ClF3N2O4. The molecule has 0 aromatic heterocycles. The van der Waals surface area contributed by atoms with E-state index in [0.717, 1.165) is 18.2 Å². The molecule has 2 amide bonds. The number of benzene rings is 1. The Hall–Kier alpha value is -2.16. The fourth-order valence-corrected chi connectivity index (χ4v) is 3.21. The summed E-state index contributed by atoms with van der Waals surface area (Å²) in [5.41, 5.74) is -4.36. The van der Waals surface area contributed by atoms with E-state index < -0.39 is 40.7 Å². The molecule has 1 aliphatic rings. The molecule has 0 aliphatic carbocycles. The lowest BCUT2D eigenvalue weighted by Gasteiger charge is -2.51. The number of alkyl halides is 3. The smallest absolute Gasteiger partial charge is 0.416 e. The minimum absolute atomic E-state index is 0.0686. The average molecular weight is 451 g/mol. The van der Waals surface area contributed by atoms with Gasteiger partial charge in [-0.2, -0.15) is 13.2 Å². The van der Waals surface area contributed by atoms with Gasteiger partial charge in [0.1, 0.15) is 16.7 Å². The Morgan fingerprint density at radius 3 is 2.03 bits per heavy atom. The van der Waals surface area contributed by atoms with Crippen molar-refractivity contribution in [3.8, 4) is 0 Å². The highest BCUT2D eigenvalue weighted by atomic mass is 35.5. The number of carbonyl (C=O) groups is 2. The second-order valence-corrected chi connectivity index (χ2v) is 9.67. The van der Waals surface area contributed by atoms with E-state index >= 15 is 0 Å². The van der Waals surface area contributed by atoms with Crippen molar-refractivity contribution < 1.29 is 32.2 Å². The average Bonchev–Trinajstić information content (AvgIpc) is 2.45. The predicted molar refractivity (Wildman–Crippen MR) is 105 cm³/mol. The van der Waals surface area contributed by atoms with E-state index in [0.29, 0.717) is 0 Å². The van der Waals surface area contributed by atoms with Gasteiger partial charge in [-0.15, -0.1) is 0 Å². The summed E-state index contributed by atoms with van der Waals surface area (Å²) in [6, 6.07) is 3.12. The third-order valence-electron chi connectivity index (χ3n) is 4.12. The number of halogens is 4. The van der Waals surface area contributed by atoms with Crippen LogP contribution in [0.1, 0.15) is 52.7 Å². The topological polar surface area (TPSA) is 67.9 Å². The van der Waals surface area contributed by atoms with Gasteiger partial charge in [0.05, 0.1) is 18.7 Å². The van der Waals surface area contributed by atoms with Crippen molar-refractivity contribution in [2.75, 3.05) is 13.1 Å². The quantitative estimate of drug-likeness (QED) is 0.661. The number of likely N-dealkylation sites (tertiary alicyclic amines) is 1. The van der Waals surface area contributed by atoms with Crippen LogP contribution >= 0.6 is 11.6 Å². The van der Waals surface area contributed by atoms with E-state index in [-0.39, 0.29) is 23.7 Å². The maximum absolute atomic E-state index is 13.7. The first kappa shape index (κ1) is 24.1. The van der Waals surface area contributed by atoms with Crippen molar-refractivity contribution in [1.29, 1.82) is 0 Å². The molecule has 2 rings (SSSR count). The summed E-state index contributed by atoms with van der Waals surface area (Å²) in [4.78, 5) is 26.0. The number of carbonyl (C=O) groups excluding carboxylic acids is 2. The number of ether oxygens (including phenoxy) is 2. The number of alkyl carbamates (subject to hydrolysis) is 1. The van der Waals surface area contributed by atoms with Crippen LogP contribution in [0.2, 0.25) is 5.02 Å². The van der Waals surface area contributed by atoms with E-state index in [2.05, 4.69) is 5.32 Å². The normalized spacial score (nSPS) is 16.5. The zero-order valence-electron chi connectivity index (χ0n) is 17.7. The fraction of sp³-hybridized carbons (Fsp3) is 0.600. The van der Waals surface area contributed by atoms with Crippen LogP contribution in [0.5, 0.6) is 0 Å². The highest BCUT2D eigenvalue weighted by molar-refractivity contribution is 6.30. The molecule has 1 aromatic rings. The van der Waals surface area contributed by atoms with Gasteiger partial charge in [0, 0.05) is 5.02 Å². The maximum Gasteiger partial charge on any atom is 0.416 e. The molecule has 1 fully saturated rings. The number of rotatable bonds is 2. The van der Waals surface area contributed by atoms with E-state index in [1.54, 1.807) is 41.5 Å². The molecule has 1 aliphatic heterocycles. The molecule has 0 bridgehead atoms. The standard InChI is InChI=1S/C20H26ClF3N2O4/c1-17(2,3)29-15(27)25-19(10-26(11-19)16(28)30-18(4,5)6)14-9-12(21)7-8-13(14)20(22,23)24/h7-9H,10-11H2,1-6H3,(H,25,27). The molecule has 0 saturated carbocycles. The van der Waals surface area contributed by atoms with Crippen LogP contribution in [0, 0.1) is 0 Å². The zero-order valence-corrected chi connectivity index (χ0v) is 18.5. The molecule has 1 N–H and O–H groups in total. The van der Waals surface area contributed by atoms with Crippen LogP contribution < -0.4 is 5.32 Å². The predicted octanol–water partition coefficient (Wildman–Crippen LogP) is 5.33. The first-order valence-electron chi connectivity index (χ1n) is 9.28. The van der Waals surface area contributed by atoms with Crippen molar-refractivity contribution >= 4 is 23.8 Å². The molecule has 0 atom stereocenters. The Labute approximate surface area is 178 Å². The van der Waals surface area contributed by atoms with Gasteiger partial charge in [0.15, 0.2) is 0 Å². The molecule has 0 unspecified atom stereocenters. The molecule has 1 saturated heterocycles. The number of nitrogens with one attached hydrogen (secondary N) is 1. The lowest BCUT2D eigenvalue weighted by Crippen LogP contribution is -2.70. The molecular weight excluding hydrogens is 425 g/mol. The molecule has 1 aromatic carbocycles. The van der Waals surface area contributed by atoms with E-state index in [1.165, 1.54) is 4.90 Å². The van der Waals surface area contributed by atoms with Gasteiger partial charge in [-0.25, -0.2) is 9.59 Å². The van der Waals surface area contributed by atoms with Crippen LogP contribution in [0.15, 0.2) is 18.2 Å². The molecule has 0 radical (unpaired) electrons. The monoisotopic (exact) mass is 450 g/mol. The first-order chi connectivity index (χ1) is 13.4. The lowest BCUT2D eigenvalue weighted by molar-refractivity contribution is -0.139. The van der Waals surface area contributed by atoms with Gasteiger partial charge in [0.2, 0.25) is 0 Å².